The van der Waals surface area contributed by atoms with E-state index in [1.54, 1.807) is 30.3 Å². The second-order valence-electron chi connectivity index (χ2n) is 7.98. The van der Waals surface area contributed by atoms with Crippen molar-refractivity contribution in [1.82, 2.24) is 14.9 Å². The van der Waals surface area contributed by atoms with Crippen LogP contribution in [0.5, 0.6) is 0 Å². The molecule has 1 aliphatic heterocycles. The maximum absolute atomic E-state index is 12.4. The number of ether oxygens (including phenoxy) is 1. The van der Waals surface area contributed by atoms with Crippen LogP contribution in [0, 0.1) is 11.8 Å². The second-order valence-corrected chi connectivity index (χ2v) is 9.75. The maximum atomic E-state index is 12.4. The number of amides is 1. The largest absolute Gasteiger partial charge is 0.379 e. The zero-order valence-corrected chi connectivity index (χ0v) is 17.8. The van der Waals surface area contributed by atoms with Gasteiger partial charge in [-0.2, -0.15) is 0 Å². The number of hydrogen-bond acceptors (Lipinski definition) is 5. The van der Waals surface area contributed by atoms with Gasteiger partial charge >= 0.3 is 0 Å². The predicted molar refractivity (Wildman–Crippen MR) is 112 cm³/mol. The minimum atomic E-state index is -3.45. The van der Waals surface area contributed by atoms with Crippen molar-refractivity contribution < 1.29 is 17.9 Å². The first-order valence-electron chi connectivity index (χ1n) is 10.7. The number of rotatable bonds is 9. The van der Waals surface area contributed by atoms with Crippen molar-refractivity contribution in [3.63, 3.8) is 0 Å². The lowest BCUT2D eigenvalue weighted by Crippen LogP contribution is -2.39. The average Bonchev–Trinajstić information content (AvgIpc) is 2.77. The van der Waals surface area contributed by atoms with Gasteiger partial charge in [0, 0.05) is 32.1 Å². The summed E-state index contributed by atoms with van der Waals surface area (Å²) in [5.41, 5.74) is 0. The summed E-state index contributed by atoms with van der Waals surface area (Å²) < 4.78 is 32.7. The summed E-state index contributed by atoms with van der Waals surface area (Å²) in [5.74, 6) is 0.495. The summed E-state index contributed by atoms with van der Waals surface area (Å²) in [6.07, 6.45) is 4.37. The van der Waals surface area contributed by atoms with E-state index in [0.717, 1.165) is 65.0 Å². The van der Waals surface area contributed by atoms with Gasteiger partial charge in [-0.25, -0.2) is 13.1 Å². The van der Waals surface area contributed by atoms with E-state index in [1.165, 1.54) is 0 Å². The van der Waals surface area contributed by atoms with Gasteiger partial charge in [0.15, 0.2) is 0 Å². The zero-order valence-electron chi connectivity index (χ0n) is 17.0. The molecule has 2 fully saturated rings. The molecule has 8 heteroatoms. The van der Waals surface area contributed by atoms with Gasteiger partial charge in [0.2, 0.25) is 15.9 Å². The molecule has 0 bridgehead atoms. The van der Waals surface area contributed by atoms with Gasteiger partial charge in [0.25, 0.3) is 0 Å². The molecule has 3 rings (SSSR count). The number of hydrogen-bond donors (Lipinski definition) is 2. The quantitative estimate of drug-likeness (QED) is 0.589. The lowest BCUT2D eigenvalue weighted by Gasteiger charge is -2.28. The second kappa shape index (κ2) is 11.1. The number of benzene rings is 1. The highest BCUT2D eigenvalue weighted by molar-refractivity contribution is 7.89. The minimum Gasteiger partial charge on any atom is -0.379 e. The first kappa shape index (κ1) is 22.2. The third-order valence-corrected chi connectivity index (χ3v) is 7.33. The van der Waals surface area contributed by atoms with Crippen LogP contribution in [0.4, 0.5) is 0 Å². The molecule has 0 unspecified atom stereocenters. The Labute approximate surface area is 174 Å². The third-order valence-electron chi connectivity index (χ3n) is 5.89. The molecular formula is C21H33N3O4S. The number of nitrogens with zero attached hydrogens (tertiary/aromatic N) is 1. The van der Waals surface area contributed by atoms with Crippen LogP contribution in [-0.4, -0.2) is 65.2 Å². The third kappa shape index (κ3) is 7.06. The summed E-state index contributed by atoms with van der Waals surface area (Å²) in [6.45, 7) is 5.71. The van der Waals surface area contributed by atoms with Gasteiger partial charge in [-0.05, 0) is 56.7 Å². The molecule has 29 heavy (non-hydrogen) atoms. The van der Waals surface area contributed by atoms with Crippen LogP contribution in [0.15, 0.2) is 35.2 Å². The predicted octanol–water partition coefficient (Wildman–Crippen LogP) is 1.61. The molecule has 0 radical (unpaired) electrons. The summed E-state index contributed by atoms with van der Waals surface area (Å²) in [7, 11) is -3.45. The van der Waals surface area contributed by atoms with E-state index in [4.69, 9.17) is 4.74 Å². The molecule has 7 nitrogen and oxygen atoms in total. The Bertz CT molecular complexity index is 728. The van der Waals surface area contributed by atoms with E-state index in [2.05, 4.69) is 14.9 Å². The van der Waals surface area contributed by atoms with Crippen LogP contribution in [0.1, 0.15) is 32.1 Å². The van der Waals surface area contributed by atoms with Crippen molar-refractivity contribution in [1.29, 1.82) is 0 Å². The average molecular weight is 424 g/mol. The van der Waals surface area contributed by atoms with E-state index in [1.807, 2.05) is 0 Å². The monoisotopic (exact) mass is 423 g/mol. The highest BCUT2D eigenvalue weighted by atomic mass is 32.2. The molecule has 1 aliphatic carbocycles. The molecule has 0 spiro atoms. The van der Waals surface area contributed by atoms with Gasteiger partial charge in [-0.15, -0.1) is 0 Å². The molecule has 1 aromatic carbocycles. The minimum absolute atomic E-state index is 0.0559. The first-order valence-corrected chi connectivity index (χ1v) is 12.2. The summed E-state index contributed by atoms with van der Waals surface area (Å²) >= 11 is 0. The van der Waals surface area contributed by atoms with Gasteiger partial charge in [-0.3, -0.25) is 9.69 Å². The van der Waals surface area contributed by atoms with Gasteiger partial charge < -0.3 is 10.1 Å². The van der Waals surface area contributed by atoms with Crippen LogP contribution in [-0.2, 0) is 19.6 Å². The van der Waals surface area contributed by atoms with Crippen LogP contribution in [0.2, 0.25) is 0 Å². The summed E-state index contributed by atoms with van der Waals surface area (Å²) in [6, 6.07) is 8.44. The Morgan fingerprint density at radius 2 is 1.76 bits per heavy atom. The van der Waals surface area contributed by atoms with E-state index in [-0.39, 0.29) is 11.8 Å². The normalized spacial score (nSPS) is 23.6. The van der Waals surface area contributed by atoms with Gasteiger partial charge in [0.1, 0.15) is 0 Å². The van der Waals surface area contributed by atoms with E-state index < -0.39 is 10.0 Å². The molecule has 1 saturated heterocycles. The van der Waals surface area contributed by atoms with Crippen molar-refractivity contribution in [2.45, 2.75) is 37.0 Å². The number of sulfonamides is 1. The fraction of sp³-hybridized carbons (Fsp3) is 0.667. The van der Waals surface area contributed by atoms with E-state index in [0.29, 0.717) is 23.9 Å². The van der Waals surface area contributed by atoms with Gasteiger partial charge in [0.05, 0.1) is 18.1 Å². The Morgan fingerprint density at radius 1 is 1.07 bits per heavy atom. The highest BCUT2D eigenvalue weighted by Gasteiger charge is 2.27. The van der Waals surface area contributed by atoms with Crippen LogP contribution >= 0.6 is 0 Å². The summed E-state index contributed by atoms with van der Waals surface area (Å²) in [5, 5.41) is 3.08. The molecule has 1 heterocycles. The van der Waals surface area contributed by atoms with Crippen LogP contribution < -0.4 is 10.0 Å². The van der Waals surface area contributed by atoms with Crippen molar-refractivity contribution in [3.05, 3.63) is 30.3 Å². The number of carbonyl (C=O) groups excluding carboxylic acids is 1. The lowest BCUT2D eigenvalue weighted by molar-refractivity contribution is -0.126. The summed E-state index contributed by atoms with van der Waals surface area (Å²) in [4.78, 5) is 15.1. The topological polar surface area (TPSA) is 87.7 Å². The number of carbonyl (C=O) groups is 1. The molecule has 1 amide bonds. The molecule has 1 saturated carbocycles. The van der Waals surface area contributed by atoms with Crippen molar-refractivity contribution in [2.24, 2.45) is 11.8 Å². The van der Waals surface area contributed by atoms with E-state index in [9.17, 15) is 13.2 Å². The Kier molecular flexibility index (Phi) is 8.47. The first-order chi connectivity index (χ1) is 14.0. The molecular weight excluding hydrogens is 390 g/mol. The van der Waals surface area contributed by atoms with Crippen molar-refractivity contribution in [3.8, 4) is 0 Å². The zero-order chi connectivity index (χ0) is 20.5. The molecule has 0 atom stereocenters. The standard InChI is InChI=1S/C21H33N3O4S/c25-21(22-11-4-12-24-13-15-28-16-14-24)19-9-7-18(8-10-19)17-23-29(26,27)20-5-2-1-3-6-20/h1-3,5-6,18-19,23H,4,7-17H2,(H,22,25). The smallest absolute Gasteiger partial charge is 0.240 e. The Hall–Kier alpha value is -1.48. The lowest BCUT2D eigenvalue weighted by atomic mass is 9.81. The molecule has 1 aromatic rings. The maximum Gasteiger partial charge on any atom is 0.240 e. The van der Waals surface area contributed by atoms with Crippen molar-refractivity contribution in [2.75, 3.05) is 45.9 Å². The molecule has 0 aromatic heterocycles. The van der Waals surface area contributed by atoms with Crippen LogP contribution in [0.25, 0.3) is 0 Å². The molecule has 2 aliphatic rings. The fourth-order valence-corrected chi connectivity index (χ4v) is 5.16. The fourth-order valence-electron chi connectivity index (χ4n) is 4.02. The Morgan fingerprint density at radius 3 is 2.45 bits per heavy atom. The van der Waals surface area contributed by atoms with Gasteiger partial charge in [-0.1, -0.05) is 18.2 Å². The highest BCUT2D eigenvalue weighted by Crippen LogP contribution is 2.28. The Balaban J connectivity index is 1.31. The van der Waals surface area contributed by atoms with Crippen molar-refractivity contribution >= 4 is 15.9 Å². The van der Waals surface area contributed by atoms with Crippen LogP contribution in [0.3, 0.4) is 0 Å². The SMILES string of the molecule is O=C(NCCCN1CCOCC1)C1CCC(CNS(=O)(=O)c2ccccc2)CC1. The number of nitrogens with one attached hydrogen (secondary N) is 2. The van der Waals surface area contributed by atoms with E-state index >= 15 is 0 Å². The molecule has 162 valence electrons. The number of morpholine rings is 1. The molecule has 2 N–H and O–H groups in total.